The number of benzene rings is 2. The summed E-state index contributed by atoms with van der Waals surface area (Å²) in [5.41, 5.74) is 8.29. The second-order valence-electron chi connectivity index (χ2n) is 6.92. The molecule has 4 aromatic rings. The van der Waals surface area contributed by atoms with E-state index in [-0.39, 0.29) is 0 Å². The highest BCUT2D eigenvalue weighted by Crippen LogP contribution is 2.26. The van der Waals surface area contributed by atoms with E-state index in [1.165, 1.54) is 16.7 Å². The fourth-order valence-corrected chi connectivity index (χ4v) is 3.45. The third-order valence-electron chi connectivity index (χ3n) is 4.95. The van der Waals surface area contributed by atoms with Gasteiger partial charge >= 0.3 is 0 Å². The van der Waals surface area contributed by atoms with Gasteiger partial charge in [0.15, 0.2) is 0 Å². The predicted octanol–water partition coefficient (Wildman–Crippen LogP) is 4.91. The molecule has 2 aromatic carbocycles. The minimum absolute atomic E-state index is 0.490. The minimum Gasteiger partial charge on any atom is -0.377 e. The van der Waals surface area contributed by atoms with E-state index in [0.29, 0.717) is 6.61 Å². The van der Waals surface area contributed by atoms with Gasteiger partial charge in [-0.2, -0.15) is 0 Å². The van der Waals surface area contributed by atoms with Crippen molar-refractivity contribution < 1.29 is 4.74 Å². The molecule has 0 amide bonds. The number of aromatic nitrogens is 3. The zero-order valence-corrected chi connectivity index (χ0v) is 15.9. The van der Waals surface area contributed by atoms with E-state index < -0.39 is 0 Å². The lowest BCUT2D eigenvalue weighted by molar-refractivity contribution is 0.175. The molecule has 4 nitrogen and oxygen atoms in total. The summed E-state index contributed by atoms with van der Waals surface area (Å²) in [4.78, 5) is 8.93. The predicted molar refractivity (Wildman–Crippen MR) is 109 cm³/mol. The van der Waals surface area contributed by atoms with Gasteiger partial charge in [-0.25, -0.2) is 4.98 Å². The van der Waals surface area contributed by atoms with Crippen LogP contribution in [0.5, 0.6) is 0 Å². The summed E-state index contributed by atoms with van der Waals surface area (Å²) < 4.78 is 7.68. The molecule has 136 valence electrons. The highest BCUT2D eigenvalue weighted by atomic mass is 16.5. The van der Waals surface area contributed by atoms with Crippen LogP contribution in [0.1, 0.15) is 22.5 Å². The van der Waals surface area contributed by atoms with E-state index in [0.717, 1.165) is 34.5 Å². The lowest BCUT2D eigenvalue weighted by atomic mass is 10.0. The Hall–Kier alpha value is -2.98. The molecule has 27 heavy (non-hydrogen) atoms. The number of methoxy groups -OCH3 is 1. The van der Waals surface area contributed by atoms with Gasteiger partial charge in [0.25, 0.3) is 0 Å². The second-order valence-corrected chi connectivity index (χ2v) is 6.92. The molecule has 0 saturated heterocycles. The van der Waals surface area contributed by atoms with Crippen LogP contribution in [-0.4, -0.2) is 21.6 Å². The molecule has 0 atom stereocenters. The van der Waals surface area contributed by atoms with Crippen LogP contribution in [0, 0.1) is 13.8 Å². The van der Waals surface area contributed by atoms with Crippen molar-refractivity contribution in [3.63, 3.8) is 0 Å². The summed E-state index contributed by atoms with van der Waals surface area (Å²) in [6.07, 6.45) is 3.65. The summed E-state index contributed by atoms with van der Waals surface area (Å²) in [5.74, 6) is 0.945. The number of rotatable bonds is 5. The van der Waals surface area contributed by atoms with Gasteiger partial charge in [-0.3, -0.25) is 4.98 Å². The Morgan fingerprint density at radius 3 is 2.52 bits per heavy atom. The molecule has 2 aromatic heterocycles. The third-order valence-corrected chi connectivity index (χ3v) is 4.95. The lowest BCUT2D eigenvalue weighted by Gasteiger charge is -2.12. The van der Waals surface area contributed by atoms with E-state index in [9.17, 15) is 0 Å². The van der Waals surface area contributed by atoms with Crippen LogP contribution in [0.25, 0.3) is 22.2 Å². The molecule has 0 bridgehead atoms. The summed E-state index contributed by atoms with van der Waals surface area (Å²) in [6.45, 7) is 5.56. The van der Waals surface area contributed by atoms with E-state index >= 15 is 0 Å². The van der Waals surface area contributed by atoms with Crippen LogP contribution in [0.2, 0.25) is 0 Å². The third kappa shape index (κ3) is 3.49. The number of ether oxygens (including phenoxy) is 1. The number of aryl methyl sites for hydroxylation is 2. The first-order valence-electron chi connectivity index (χ1n) is 9.10. The molecule has 2 heterocycles. The summed E-state index contributed by atoms with van der Waals surface area (Å²) in [7, 11) is 1.71. The fourth-order valence-electron chi connectivity index (χ4n) is 3.45. The normalized spacial score (nSPS) is 11.2. The van der Waals surface area contributed by atoms with Gasteiger partial charge < -0.3 is 9.30 Å². The number of pyridine rings is 1. The molecule has 0 radical (unpaired) electrons. The number of hydrogen-bond donors (Lipinski definition) is 0. The van der Waals surface area contributed by atoms with Crippen LogP contribution in [-0.2, 0) is 17.9 Å². The molecule has 0 aliphatic rings. The smallest absolute Gasteiger partial charge is 0.136 e. The van der Waals surface area contributed by atoms with Gasteiger partial charge in [0.1, 0.15) is 12.4 Å². The van der Waals surface area contributed by atoms with E-state index in [1.807, 2.05) is 24.5 Å². The molecule has 0 aliphatic carbocycles. The average Bonchev–Trinajstić information content (AvgIpc) is 3.02. The van der Waals surface area contributed by atoms with Crippen molar-refractivity contribution in [1.29, 1.82) is 0 Å². The van der Waals surface area contributed by atoms with Crippen LogP contribution in [0.3, 0.4) is 0 Å². The maximum absolute atomic E-state index is 5.41. The van der Waals surface area contributed by atoms with Gasteiger partial charge in [0.2, 0.25) is 0 Å². The number of nitrogens with zero attached hydrogens (tertiary/aromatic N) is 3. The Morgan fingerprint density at radius 1 is 0.926 bits per heavy atom. The van der Waals surface area contributed by atoms with Gasteiger partial charge in [0, 0.05) is 26.0 Å². The van der Waals surface area contributed by atoms with Crippen LogP contribution in [0.15, 0.2) is 60.9 Å². The SMILES string of the molecule is COCc1nc2ccc(-c3ccncc3)cc2n1Cc1cc(C)ccc1C. The molecule has 4 heteroatoms. The van der Waals surface area contributed by atoms with Gasteiger partial charge in [0.05, 0.1) is 11.0 Å². The molecule has 0 spiro atoms. The van der Waals surface area contributed by atoms with Gasteiger partial charge in [-0.15, -0.1) is 0 Å². The van der Waals surface area contributed by atoms with Gasteiger partial charge in [-0.1, -0.05) is 29.8 Å². The first-order chi connectivity index (χ1) is 13.2. The molecular weight excluding hydrogens is 334 g/mol. The minimum atomic E-state index is 0.490. The van der Waals surface area contributed by atoms with Crippen LogP contribution < -0.4 is 0 Å². The van der Waals surface area contributed by atoms with Crippen molar-refractivity contribution in [1.82, 2.24) is 14.5 Å². The first-order valence-corrected chi connectivity index (χ1v) is 9.10. The highest BCUT2D eigenvalue weighted by Gasteiger charge is 2.13. The average molecular weight is 357 g/mol. The molecule has 0 N–H and O–H groups in total. The van der Waals surface area contributed by atoms with Gasteiger partial charge in [-0.05, 0) is 60.4 Å². The Kier molecular flexibility index (Phi) is 4.73. The summed E-state index contributed by atoms with van der Waals surface area (Å²) in [5, 5.41) is 0. The summed E-state index contributed by atoms with van der Waals surface area (Å²) in [6, 6.07) is 17.1. The maximum atomic E-state index is 5.41. The van der Waals surface area contributed by atoms with E-state index in [2.05, 4.69) is 59.8 Å². The first kappa shape index (κ1) is 17.4. The molecule has 0 unspecified atom stereocenters. The van der Waals surface area contributed by atoms with Crippen LogP contribution in [0.4, 0.5) is 0 Å². The molecule has 0 saturated carbocycles. The number of fused-ring (bicyclic) bond motifs is 1. The Bertz CT molecular complexity index is 1080. The largest absolute Gasteiger partial charge is 0.377 e. The van der Waals surface area contributed by atoms with Crippen molar-refractivity contribution in [3.05, 3.63) is 83.4 Å². The topological polar surface area (TPSA) is 39.9 Å². The van der Waals surface area contributed by atoms with Crippen LogP contribution >= 0.6 is 0 Å². The quantitative estimate of drug-likeness (QED) is 0.509. The molecule has 4 rings (SSSR count). The van der Waals surface area contributed by atoms with Crippen molar-refractivity contribution in [3.8, 4) is 11.1 Å². The van der Waals surface area contributed by atoms with Crippen molar-refractivity contribution in [2.45, 2.75) is 27.0 Å². The fraction of sp³-hybridized carbons (Fsp3) is 0.217. The Labute approximate surface area is 159 Å². The maximum Gasteiger partial charge on any atom is 0.136 e. The van der Waals surface area contributed by atoms with E-state index in [1.54, 1.807) is 7.11 Å². The standard InChI is InChI=1S/C23H23N3O/c1-16-4-5-17(2)20(12-16)14-26-22-13-19(18-8-10-24-11-9-18)6-7-21(22)25-23(26)15-27-3/h4-13H,14-15H2,1-3H3. The molecular formula is C23H23N3O. The zero-order chi connectivity index (χ0) is 18.8. The number of hydrogen-bond acceptors (Lipinski definition) is 3. The Balaban J connectivity index is 1.85. The summed E-state index contributed by atoms with van der Waals surface area (Å²) >= 11 is 0. The highest BCUT2D eigenvalue weighted by molar-refractivity contribution is 5.82. The Morgan fingerprint density at radius 2 is 1.74 bits per heavy atom. The lowest BCUT2D eigenvalue weighted by Crippen LogP contribution is -2.07. The van der Waals surface area contributed by atoms with E-state index in [4.69, 9.17) is 9.72 Å². The zero-order valence-electron chi connectivity index (χ0n) is 15.9. The molecule has 0 fully saturated rings. The van der Waals surface area contributed by atoms with Crippen molar-refractivity contribution in [2.24, 2.45) is 0 Å². The number of imidazole rings is 1. The van der Waals surface area contributed by atoms with Crippen molar-refractivity contribution >= 4 is 11.0 Å². The van der Waals surface area contributed by atoms with Crippen molar-refractivity contribution in [2.75, 3.05) is 7.11 Å². The monoisotopic (exact) mass is 357 g/mol. The second kappa shape index (κ2) is 7.33. The molecule has 0 aliphatic heterocycles.